The first-order valence-electron chi connectivity index (χ1n) is 12.0. The average molecular weight is 479 g/mol. The van der Waals surface area contributed by atoms with E-state index in [1.807, 2.05) is 17.0 Å². The zero-order valence-electron chi connectivity index (χ0n) is 20.5. The minimum atomic E-state index is -0.0414. The van der Waals surface area contributed by atoms with Crippen molar-refractivity contribution in [1.82, 2.24) is 14.9 Å². The van der Waals surface area contributed by atoms with Gasteiger partial charge in [-0.2, -0.15) is 9.97 Å². The van der Waals surface area contributed by atoms with Crippen LogP contribution in [0.25, 0.3) is 0 Å². The molecule has 1 unspecified atom stereocenters. The quantitative estimate of drug-likeness (QED) is 0.259. The van der Waals surface area contributed by atoms with Gasteiger partial charge in [0.15, 0.2) is 0 Å². The van der Waals surface area contributed by atoms with Crippen LogP contribution in [0.3, 0.4) is 0 Å². The van der Waals surface area contributed by atoms with E-state index >= 15 is 0 Å². The SMILES string of the molecule is C=CC(=O)N1CCN(c2nc(OCCOC)nc3c2CCC(c2c(C)ccc(N)c2C=N)C3)CC1. The van der Waals surface area contributed by atoms with Crippen molar-refractivity contribution in [2.75, 3.05) is 57.1 Å². The molecule has 0 saturated carbocycles. The Morgan fingerprint density at radius 2 is 2.03 bits per heavy atom. The van der Waals surface area contributed by atoms with E-state index < -0.39 is 0 Å². The molecule has 35 heavy (non-hydrogen) atoms. The fourth-order valence-corrected chi connectivity index (χ4v) is 5.10. The van der Waals surface area contributed by atoms with Gasteiger partial charge >= 0.3 is 6.01 Å². The molecule has 1 aliphatic heterocycles. The van der Waals surface area contributed by atoms with E-state index in [0.717, 1.165) is 53.0 Å². The van der Waals surface area contributed by atoms with Gasteiger partial charge in [-0.05, 0) is 55.4 Å². The number of nitrogens with zero attached hydrogens (tertiary/aromatic N) is 4. The zero-order valence-corrected chi connectivity index (χ0v) is 20.5. The molecule has 4 rings (SSSR count). The summed E-state index contributed by atoms with van der Waals surface area (Å²) in [4.78, 5) is 25.7. The summed E-state index contributed by atoms with van der Waals surface area (Å²) >= 11 is 0. The van der Waals surface area contributed by atoms with E-state index in [0.29, 0.717) is 51.1 Å². The predicted octanol–water partition coefficient (Wildman–Crippen LogP) is 2.50. The molecule has 0 bridgehead atoms. The summed E-state index contributed by atoms with van der Waals surface area (Å²) in [5.74, 6) is 1.06. The Hall–Kier alpha value is -3.46. The number of piperazine rings is 1. The van der Waals surface area contributed by atoms with Crippen LogP contribution in [0.15, 0.2) is 24.8 Å². The van der Waals surface area contributed by atoms with Crippen LogP contribution < -0.4 is 15.4 Å². The minimum Gasteiger partial charge on any atom is -0.461 e. The van der Waals surface area contributed by atoms with Crippen LogP contribution in [-0.4, -0.2) is 73.5 Å². The number of nitrogen functional groups attached to an aromatic ring is 1. The number of amides is 1. The molecule has 9 heteroatoms. The lowest BCUT2D eigenvalue weighted by Crippen LogP contribution is -2.49. The van der Waals surface area contributed by atoms with Crippen LogP contribution in [0, 0.1) is 12.3 Å². The van der Waals surface area contributed by atoms with Gasteiger partial charge in [-0.1, -0.05) is 12.6 Å². The number of carbonyl (C=O) groups is 1. The molecular formula is C26H34N6O3. The highest BCUT2D eigenvalue weighted by molar-refractivity contribution is 5.88. The third-order valence-corrected chi connectivity index (χ3v) is 6.91. The van der Waals surface area contributed by atoms with E-state index in [4.69, 9.17) is 30.6 Å². The first-order chi connectivity index (χ1) is 17.0. The minimum absolute atomic E-state index is 0.0414. The number of aryl methyl sites for hydroxylation is 1. The summed E-state index contributed by atoms with van der Waals surface area (Å²) < 4.78 is 11.0. The van der Waals surface area contributed by atoms with Crippen molar-refractivity contribution >= 4 is 23.6 Å². The van der Waals surface area contributed by atoms with E-state index in [1.165, 1.54) is 12.3 Å². The molecule has 3 N–H and O–H groups in total. The van der Waals surface area contributed by atoms with Gasteiger partial charge in [-0.3, -0.25) is 4.79 Å². The van der Waals surface area contributed by atoms with Crippen LogP contribution in [0.2, 0.25) is 0 Å². The topological polar surface area (TPSA) is 118 Å². The Balaban J connectivity index is 1.66. The maximum Gasteiger partial charge on any atom is 0.318 e. The Morgan fingerprint density at radius 1 is 1.26 bits per heavy atom. The largest absolute Gasteiger partial charge is 0.461 e. The number of aromatic nitrogens is 2. The summed E-state index contributed by atoms with van der Waals surface area (Å²) in [6.07, 6.45) is 5.21. The van der Waals surface area contributed by atoms with Crippen molar-refractivity contribution in [3.8, 4) is 6.01 Å². The lowest BCUT2D eigenvalue weighted by Gasteiger charge is -2.37. The van der Waals surface area contributed by atoms with Gasteiger partial charge in [0, 0.05) is 56.3 Å². The third kappa shape index (κ3) is 5.14. The molecule has 1 saturated heterocycles. The number of hydrogen-bond donors (Lipinski definition) is 2. The maximum absolute atomic E-state index is 12.0. The molecule has 0 radical (unpaired) electrons. The number of nitrogens with one attached hydrogen (secondary N) is 1. The number of carbonyl (C=O) groups excluding carboxylic acids is 1. The first kappa shape index (κ1) is 24.7. The van der Waals surface area contributed by atoms with Crippen LogP contribution in [0.4, 0.5) is 11.5 Å². The Kier molecular flexibility index (Phi) is 7.65. The van der Waals surface area contributed by atoms with Crippen molar-refractivity contribution in [3.05, 3.63) is 52.7 Å². The van der Waals surface area contributed by atoms with Crippen molar-refractivity contribution < 1.29 is 14.3 Å². The Labute approximate surface area is 206 Å². The normalized spacial score (nSPS) is 17.6. The molecule has 1 amide bonds. The molecular weight excluding hydrogens is 444 g/mol. The highest BCUT2D eigenvalue weighted by atomic mass is 16.5. The summed E-state index contributed by atoms with van der Waals surface area (Å²) in [5, 5.41) is 7.94. The van der Waals surface area contributed by atoms with Crippen LogP contribution in [0.5, 0.6) is 6.01 Å². The zero-order chi connectivity index (χ0) is 24.9. The second-order valence-electron chi connectivity index (χ2n) is 9.00. The second kappa shape index (κ2) is 10.9. The van der Waals surface area contributed by atoms with E-state index in [9.17, 15) is 4.79 Å². The number of anilines is 2. The molecule has 1 aromatic carbocycles. The Bertz CT molecular complexity index is 1110. The van der Waals surface area contributed by atoms with Gasteiger partial charge in [-0.15, -0.1) is 0 Å². The maximum atomic E-state index is 12.0. The number of hydrogen-bond acceptors (Lipinski definition) is 8. The number of methoxy groups -OCH3 is 1. The van der Waals surface area contributed by atoms with Crippen molar-refractivity contribution in [3.63, 3.8) is 0 Å². The van der Waals surface area contributed by atoms with Crippen molar-refractivity contribution in [2.24, 2.45) is 0 Å². The van der Waals surface area contributed by atoms with Crippen LogP contribution in [-0.2, 0) is 22.4 Å². The number of nitrogens with two attached hydrogens (primary N) is 1. The molecule has 186 valence electrons. The summed E-state index contributed by atoms with van der Waals surface area (Å²) in [6.45, 7) is 9.12. The molecule has 2 aliphatic rings. The molecule has 1 aliphatic carbocycles. The van der Waals surface area contributed by atoms with E-state index in [2.05, 4.69) is 18.4 Å². The smallest absolute Gasteiger partial charge is 0.318 e. The van der Waals surface area contributed by atoms with Crippen molar-refractivity contribution in [2.45, 2.75) is 32.1 Å². The van der Waals surface area contributed by atoms with Gasteiger partial charge in [-0.25, -0.2) is 0 Å². The molecule has 2 heterocycles. The fourth-order valence-electron chi connectivity index (χ4n) is 5.10. The Morgan fingerprint density at radius 3 is 2.71 bits per heavy atom. The standard InChI is InChI=1S/C26H34N6O3/c1-4-23(33)31-9-11-32(12-10-31)25-19-7-6-18(24-17(2)5-8-21(28)20(24)16-27)15-22(19)29-26(30-25)35-14-13-34-3/h4-5,8,16,18,27H,1,6-7,9-15,28H2,2-3H3. The third-order valence-electron chi connectivity index (χ3n) is 6.91. The average Bonchev–Trinajstić information content (AvgIpc) is 2.88. The molecule has 1 aromatic heterocycles. The molecule has 9 nitrogen and oxygen atoms in total. The monoisotopic (exact) mass is 478 g/mol. The van der Waals surface area contributed by atoms with Gasteiger partial charge in [0.1, 0.15) is 12.4 Å². The van der Waals surface area contributed by atoms with E-state index in [-0.39, 0.29) is 11.8 Å². The summed E-state index contributed by atoms with van der Waals surface area (Å²) in [5.41, 5.74) is 12.0. The van der Waals surface area contributed by atoms with Gasteiger partial charge in [0.05, 0.1) is 12.3 Å². The first-order valence-corrected chi connectivity index (χ1v) is 12.0. The predicted molar refractivity (Wildman–Crippen MR) is 137 cm³/mol. The van der Waals surface area contributed by atoms with Crippen LogP contribution in [0.1, 0.15) is 40.3 Å². The lowest BCUT2D eigenvalue weighted by molar-refractivity contribution is -0.126. The van der Waals surface area contributed by atoms with Crippen molar-refractivity contribution in [1.29, 1.82) is 5.41 Å². The molecule has 1 atom stereocenters. The van der Waals surface area contributed by atoms with Gasteiger partial charge in [0.2, 0.25) is 5.91 Å². The number of rotatable bonds is 8. The highest BCUT2D eigenvalue weighted by Gasteiger charge is 2.31. The molecule has 1 fully saturated rings. The second-order valence-corrected chi connectivity index (χ2v) is 9.00. The number of fused-ring (bicyclic) bond motifs is 1. The number of benzene rings is 1. The molecule has 0 spiro atoms. The van der Waals surface area contributed by atoms with Gasteiger partial charge < -0.3 is 30.4 Å². The summed E-state index contributed by atoms with van der Waals surface area (Å²) in [7, 11) is 1.63. The summed E-state index contributed by atoms with van der Waals surface area (Å²) in [6, 6.07) is 4.24. The van der Waals surface area contributed by atoms with Gasteiger partial charge in [0.25, 0.3) is 0 Å². The van der Waals surface area contributed by atoms with E-state index in [1.54, 1.807) is 7.11 Å². The highest BCUT2D eigenvalue weighted by Crippen LogP contribution is 2.39. The lowest BCUT2D eigenvalue weighted by atomic mass is 9.78. The molecule has 2 aromatic rings. The fraction of sp³-hybridized carbons (Fsp3) is 0.462. The van der Waals surface area contributed by atoms with Crippen LogP contribution >= 0.6 is 0 Å². The number of ether oxygens (including phenoxy) is 2.